The molecule has 4 heteroatoms. The summed E-state index contributed by atoms with van der Waals surface area (Å²) in [5, 5.41) is 6.00. The van der Waals surface area contributed by atoms with Crippen molar-refractivity contribution >= 4 is 11.6 Å². The van der Waals surface area contributed by atoms with Crippen LogP contribution >= 0.6 is 0 Å². The number of pyridine rings is 1. The summed E-state index contributed by atoms with van der Waals surface area (Å²) in [7, 11) is 1.85. The van der Waals surface area contributed by atoms with Crippen LogP contribution in [0.1, 0.15) is 27.2 Å². The quantitative estimate of drug-likeness (QED) is 0.897. The molecule has 1 heterocycles. The number of nitrogens with zero attached hydrogens (tertiary/aromatic N) is 1. The first-order valence-electron chi connectivity index (χ1n) is 6.59. The highest BCUT2D eigenvalue weighted by atomic mass is 16.1. The monoisotopic (exact) mass is 269 g/mol. The average Bonchev–Trinajstić information content (AvgIpc) is 2.43. The average molecular weight is 269 g/mol. The zero-order valence-electron chi connectivity index (χ0n) is 12.0. The molecule has 1 amide bonds. The molecule has 0 radical (unpaired) electrons. The van der Waals surface area contributed by atoms with Gasteiger partial charge in [-0.1, -0.05) is 18.2 Å². The van der Waals surface area contributed by atoms with E-state index in [4.69, 9.17) is 0 Å². The number of hydrogen-bond donors (Lipinski definition) is 2. The Hall–Kier alpha value is -2.20. The molecule has 0 unspecified atom stereocenters. The fourth-order valence-electron chi connectivity index (χ4n) is 2.09. The van der Waals surface area contributed by atoms with Crippen molar-refractivity contribution in [2.24, 2.45) is 0 Å². The molecule has 2 rings (SSSR count). The number of aryl methyl sites for hydroxylation is 2. The van der Waals surface area contributed by atoms with E-state index in [1.807, 2.05) is 39.1 Å². The first-order valence-corrected chi connectivity index (χ1v) is 6.59. The summed E-state index contributed by atoms with van der Waals surface area (Å²) in [4.78, 5) is 16.5. The molecule has 0 atom stereocenters. The SMILES string of the molecule is CNCc1cc(C(=O)Nc2c(C)cccc2C)ccn1. The standard InChI is InChI=1S/C16H19N3O/c1-11-5-4-6-12(2)15(11)19-16(20)13-7-8-18-14(9-13)10-17-3/h4-9,17H,10H2,1-3H3,(H,19,20). The normalized spacial score (nSPS) is 10.3. The lowest BCUT2D eigenvalue weighted by Crippen LogP contribution is -2.15. The number of nitrogens with one attached hydrogen (secondary N) is 2. The van der Waals surface area contributed by atoms with Crippen LogP contribution in [0.15, 0.2) is 36.5 Å². The first kappa shape index (κ1) is 14.2. The molecule has 2 N–H and O–H groups in total. The second kappa shape index (κ2) is 6.30. The van der Waals surface area contributed by atoms with E-state index >= 15 is 0 Å². The third-order valence-corrected chi connectivity index (χ3v) is 3.16. The van der Waals surface area contributed by atoms with Crippen molar-refractivity contribution in [2.75, 3.05) is 12.4 Å². The zero-order chi connectivity index (χ0) is 14.5. The Morgan fingerprint density at radius 2 is 1.90 bits per heavy atom. The van der Waals surface area contributed by atoms with Gasteiger partial charge in [0.25, 0.3) is 5.91 Å². The van der Waals surface area contributed by atoms with Crippen molar-refractivity contribution in [1.29, 1.82) is 0 Å². The summed E-state index contributed by atoms with van der Waals surface area (Å²) in [5.74, 6) is -0.109. The van der Waals surface area contributed by atoms with Gasteiger partial charge in [0.2, 0.25) is 0 Å². The second-order valence-electron chi connectivity index (χ2n) is 4.79. The van der Waals surface area contributed by atoms with E-state index in [1.165, 1.54) is 0 Å². The number of aromatic nitrogens is 1. The van der Waals surface area contributed by atoms with E-state index in [1.54, 1.807) is 18.3 Å². The van der Waals surface area contributed by atoms with Crippen LogP contribution in [-0.2, 0) is 6.54 Å². The summed E-state index contributed by atoms with van der Waals surface area (Å²) in [5.41, 5.74) is 4.46. The predicted molar refractivity (Wildman–Crippen MR) is 80.9 cm³/mol. The Morgan fingerprint density at radius 3 is 2.55 bits per heavy atom. The number of para-hydroxylation sites is 1. The third-order valence-electron chi connectivity index (χ3n) is 3.16. The van der Waals surface area contributed by atoms with E-state index < -0.39 is 0 Å². The smallest absolute Gasteiger partial charge is 0.255 e. The molecule has 0 aliphatic carbocycles. The van der Waals surface area contributed by atoms with Gasteiger partial charge >= 0.3 is 0 Å². The van der Waals surface area contributed by atoms with Gasteiger partial charge in [-0.3, -0.25) is 9.78 Å². The number of amides is 1. The molecule has 0 bridgehead atoms. The van der Waals surface area contributed by atoms with Crippen LogP contribution in [0.3, 0.4) is 0 Å². The van der Waals surface area contributed by atoms with Gasteiger partial charge in [-0.15, -0.1) is 0 Å². The summed E-state index contributed by atoms with van der Waals surface area (Å²) in [6.45, 7) is 4.62. The second-order valence-corrected chi connectivity index (χ2v) is 4.79. The van der Waals surface area contributed by atoms with Crippen molar-refractivity contribution < 1.29 is 4.79 Å². The molecule has 20 heavy (non-hydrogen) atoms. The molecule has 0 saturated heterocycles. The van der Waals surface area contributed by atoms with E-state index in [0.29, 0.717) is 12.1 Å². The number of carbonyl (C=O) groups excluding carboxylic acids is 1. The molecule has 0 spiro atoms. The third kappa shape index (κ3) is 3.22. The summed E-state index contributed by atoms with van der Waals surface area (Å²) in [6.07, 6.45) is 1.66. The van der Waals surface area contributed by atoms with Gasteiger partial charge in [-0.25, -0.2) is 0 Å². The molecule has 0 saturated carbocycles. The minimum Gasteiger partial charge on any atom is -0.322 e. The molecule has 2 aromatic rings. The van der Waals surface area contributed by atoms with Crippen LogP contribution < -0.4 is 10.6 Å². The van der Waals surface area contributed by atoms with Crippen molar-refractivity contribution in [1.82, 2.24) is 10.3 Å². The first-order chi connectivity index (χ1) is 9.61. The largest absolute Gasteiger partial charge is 0.322 e. The van der Waals surface area contributed by atoms with Gasteiger partial charge in [0.1, 0.15) is 0 Å². The molecular weight excluding hydrogens is 250 g/mol. The van der Waals surface area contributed by atoms with Crippen molar-refractivity contribution in [3.63, 3.8) is 0 Å². The van der Waals surface area contributed by atoms with Crippen molar-refractivity contribution in [3.8, 4) is 0 Å². The van der Waals surface area contributed by atoms with Crippen LogP contribution in [-0.4, -0.2) is 17.9 Å². The van der Waals surface area contributed by atoms with Crippen LogP contribution in [0, 0.1) is 13.8 Å². The molecule has 4 nitrogen and oxygen atoms in total. The Labute approximate surface area is 119 Å². The molecule has 104 valence electrons. The van der Waals surface area contributed by atoms with Gasteiger partial charge in [-0.05, 0) is 44.2 Å². The number of benzene rings is 1. The Morgan fingerprint density at radius 1 is 1.20 bits per heavy atom. The topological polar surface area (TPSA) is 54.0 Å². The molecular formula is C16H19N3O. The van der Waals surface area contributed by atoms with Gasteiger partial charge < -0.3 is 10.6 Å². The van der Waals surface area contributed by atoms with E-state index in [2.05, 4.69) is 15.6 Å². The summed E-state index contributed by atoms with van der Waals surface area (Å²) >= 11 is 0. The van der Waals surface area contributed by atoms with Gasteiger partial charge in [0, 0.05) is 24.0 Å². The highest BCUT2D eigenvalue weighted by molar-refractivity contribution is 6.05. The highest BCUT2D eigenvalue weighted by Gasteiger charge is 2.10. The van der Waals surface area contributed by atoms with Crippen LogP contribution in [0.2, 0.25) is 0 Å². The molecule has 1 aromatic heterocycles. The maximum Gasteiger partial charge on any atom is 0.255 e. The number of carbonyl (C=O) groups is 1. The fraction of sp³-hybridized carbons (Fsp3) is 0.250. The van der Waals surface area contributed by atoms with Gasteiger partial charge in [0.15, 0.2) is 0 Å². The lowest BCUT2D eigenvalue weighted by molar-refractivity contribution is 0.102. The lowest BCUT2D eigenvalue weighted by atomic mass is 10.1. The fourth-order valence-corrected chi connectivity index (χ4v) is 2.09. The van der Waals surface area contributed by atoms with Crippen LogP contribution in [0.25, 0.3) is 0 Å². The number of hydrogen-bond acceptors (Lipinski definition) is 3. The Balaban J connectivity index is 2.22. The summed E-state index contributed by atoms with van der Waals surface area (Å²) < 4.78 is 0. The van der Waals surface area contributed by atoms with Crippen molar-refractivity contribution in [3.05, 3.63) is 58.9 Å². The molecule has 0 aliphatic rings. The van der Waals surface area contributed by atoms with E-state index in [0.717, 1.165) is 22.5 Å². The minimum absolute atomic E-state index is 0.109. The molecule has 1 aromatic carbocycles. The Bertz CT molecular complexity index is 603. The summed E-state index contributed by atoms with van der Waals surface area (Å²) in [6, 6.07) is 9.49. The Kier molecular flexibility index (Phi) is 4.48. The molecule has 0 fully saturated rings. The lowest BCUT2D eigenvalue weighted by Gasteiger charge is -2.11. The zero-order valence-corrected chi connectivity index (χ0v) is 12.0. The number of anilines is 1. The maximum absolute atomic E-state index is 12.3. The number of rotatable bonds is 4. The van der Waals surface area contributed by atoms with Gasteiger partial charge in [0.05, 0.1) is 5.69 Å². The van der Waals surface area contributed by atoms with Gasteiger partial charge in [-0.2, -0.15) is 0 Å². The van der Waals surface area contributed by atoms with E-state index in [9.17, 15) is 4.79 Å². The van der Waals surface area contributed by atoms with Crippen LogP contribution in [0.4, 0.5) is 5.69 Å². The van der Waals surface area contributed by atoms with Crippen LogP contribution in [0.5, 0.6) is 0 Å². The van der Waals surface area contributed by atoms with E-state index in [-0.39, 0.29) is 5.91 Å². The van der Waals surface area contributed by atoms with Crippen molar-refractivity contribution in [2.45, 2.75) is 20.4 Å². The predicted octanol–water partition coefficient (Wildman–Crippen LogP) is 2.67. The molecule has 0 aliphatic heterocycles. The maximum atomic E-state index is 12.3. The minimum atomic E-state index is -0.109. The highest BCUT2D eigenvalue weighted by Crippen LogP contribution is 2.20.